The maximum absolute atomic E-state index is 13.0. The third-order valence-electron chi connectivity index (χ3n) is 2.55. The fourth-order valence-electron chi connectivity index (χ4n) is 1.65. The highest BCUT2D eigenvalue weighted by molar-refractivity contribution is 5.88. The van der Waals surface area contributed by atoms with Gasteiger partial charge in [0.05, 0.1) is 18.4 Å². The topological polar surface area (TPSA) is 55.0 Å². The summed E-state index contributed by atoms with van der Waals surface area (Å²) in [7, 11) is 1.13. The molecule has 0 atom stereocenters. The van der Waals surface area contributed by atoms with Gasteiger partial charge in [-0.15, -0.1) is 0 Å². The Balaban J connectivity index is 2.53. The number of nitrogens with one attached hydrogen (secondary N) is 1. The number of methoxy groups -OCH3 is 1. The van der Waals surface area contributed by atoms with Gasteiger partial charge in [0, 0.05) is 5.56 Å². The van der Waals surface area contributed by atoms with Crippen molar-refractivity contribution in [2.75, 3.05) is 7.11 Å². The lowest BCUT2D eigenvalue weighted by Gasteiger charge is -2.11. The molecule has 1 heterocycles. The number of hydrogen-bond acceptors (Lipinski definition) is 3. The van der Waals surface area contributed by atoms with E-state index >= 15 is 0 Å². The second-order valence-corrected chi connectivity index (χ2v) is 3.85. The van der Waals surface area contributed by atoms with Gasteiger partial charge in [0.25, 0.3) is 0 Å². The van der Waals surface area contributed by atoms with Crippen LogP contribution in [0.25, 0.3) is 11.3 Å². The lowest BCUT2D eigenvalue weighted by molar-refractivity contribution is -0.137. The molecule has 1 aromatic heterocycles. The molecule has 0 fully saturated rings. The van der Waals surface area contributed by atoms with Crippen LogP contribution < -0.4 is 0 Å². The molecule has 0 saturated carbocycles. The molecule has 0 aliphatic rings. The van der Waals surface area contributed by atoms with E-state index in [1.807, 2.05) is 0 Å². The van der Waals surface area contributed by atoms with E-state index in [-0.39, 0.29) is 17.0 Å². The van der Waals surface area contributed by atoms with E-state index in [2.05, 4.69) is 14.9 Å². The van der Waals surface area contributed by atoms with Crippen molar-refractivity contribution in [3.63, 3.8) is 0 Å². The Bertz CT molecular complexity index is 649. The van der Waals surface area contributed by atoms with E-state index in [0.717, 1.165) is 25.3 Å². The molecule has 20 heavy (non-hydrogen) atoms. The minimum absolute atomic E-state index is 0.0973. The van der Waals surface area contributed by atoms with Gasteiger partial charge >= 0.3 is 12.1 Å². The molecule has 0 radical (unpaired) electrons. The first-order valence-corrected chi connectivity index (χ1v) is 5.34. The first kappa shape index (κ1) is 14.0. The van der Waals surface area contributed by atoms with Crippen molar-refractivity contribution < 1.29 is 27.1 Å². The summed E-state index contributed by atoms with van der Waals surface area (Å²) in [6.45, 7) is 0. The second kappa shape index (κ2) is 4.95. The smallest absolute Gasteiger partial charge is 0.417 e. The molecule has 8 heteroatoms. The molecule has 0 bridgehead atoms. The number of aromatic nitrogens is 2. The van der Waals surface area contributed by atoms with Crippen LogP contribution in [0.3, 0.4) is 0 Å². The van der Waals surface area contributed by atoms with Crippen LogP contribution in [-0.2, 0) is 10.9 Å². The number of hydrogen-bond donors (Lipinski definition) is 1. The van der Waals surface area contributed by atoms with Crippen molar-refractivity contribution >= 4 is 5.97 Å². The minimum atomic E-state index is -4.73. The highest BCUT2D eigenvalue weighted by Gasteiger charge is 2.34. The van der Waals surface area contributed by atoms with Crippen LogP contribution >= 0.6 is 0 Å². The molecule has 0 aliphatic heterocycles. The number of aromatic amines is 1. The zero-order valence-corrected chi connectivity index (χ0v) is 10.1. The number of rotatable bonds is 2. The Morgan fingerprint density at radius 2 is 2.00 bits per heavy atom. The standard InChI is InChI=1S/C12H8F4N2O2/c1-20-11(19)10-5-9(17-18-10)7-3-2-6(13)4-8(7)12(14,15)16/h2-5H,1H3,(H,17,18). The minimum Gasteiger partial charge on any atom is -0.464 e. The lowest BCUT2D eigenvalue weighted by atomic mass is 10.0. The van der Waals surface area contributed by atoms with Crippen molar-refractivity contribution in [3.05, 3.63) is 41.3 Å². The predicted molar refractivity (Wildman–Crippen MR) is 60.3 cm³/mol. The van der Waals surface area contributed by atoms with Crippen LogP contribution in [0.2, 0.25) is 0 Å². The summed E-state index contributed by atoms with van der Waals surface area (Å²) in [5, 5.41) is 5.87. The molecule has 1 aromatic carbocycles. The Kier molecular flexibility index (Phi) is 3.47. The van der Waals surface area contributed by atoms with Gasteiger partial charge in [-0.1, -0.05) is 0 Å². The largest absolute Gasteiger partial charge is 0.464 e. The zero-order chi connectivity index (χ0) is 14.9. The summed E-state index contributed by atoms with van der Waals surface area (Å²) >= 11 is 0. The summed E-state index contributed by atoms with van der Waals surface area (Å²) in [5.41, 5.74) is -1.72. The number of nitrogens with zero attached hydrogens (tertiary/aromatic N) is 1. The number of H-pyrrole nitrogens is 1. The van der Waals surface area contributed by atoms with Crippen molar-refractivity contribution in [2.45, 2.75) is 6.18 Å². The third kappa shape index (κ3) is 2.63. The zero-order valence-electron chi connectivity index (χ0n) is 10.1. The molecule has 106 valence electrons. The molecule has 0 unspecified atom stereocenters. The number of esters is 1. The molecule has 0 spiro atoms. The number of benzene rings is 1. The number of ether oxygens (including phenoxy) is 1. The third-order valence-corrected chi connectivity index (χ3v) is 2.55. The van der Waals surface area contributed by atoms with Crippen LogP contribution in [0.5, 0.6) is 0 Å². The average Bonchev–Trinajstić information content (AvgIpc) is 2.86. The van der Waals surface area contributed by atoms with Crippen molar-refractivity contribution in [1.29, 1.82) is 0 Å². The van der Waals surface area contributed by atoms with Gasteiger partial charge in [0.15, 0.2) is 0 Å². The van der Waals surface area contributed by atoms with Gasteiger partial charge in [0.2, 0.25) is 0 Å². The summed E-state index contributed by atoms with van der Waals surface area (Å²) < 4.78 is 55.9. The Labute approximate surface area is 110 Å². The van der Waals surface area contributed by atoms with Crippen molar-refractivity contribution in [3.8, 4) is 11.3 Å². The Morgan fingerprint density at radius 3 is 2.60 bits per heavy atom. The molecule has 2 aromatic rings. The summed E-state index contributed by atoms with van der Waals surface area (Å²) in [6, 6.07) is 3.32. The lowest BCUT2D eigenvalue weighted by Crippen LogP contribution is -2.07. The van der Waals surface area contributed by atoms with Crippen LogP contribution in [0, 0.1) is 5.82 Å². The first-order valence-electron chi connectivity index (χ1n) is 5.34. The van der Waals surface area contributed by atoms with Gasteiger partial charge in [-0.2, -0.15) is 18.3 Å². The van der Waals surface area contributed by atoms with E-state index in [4.69, 9.17) is 0 Å². The molecule has 2 rings (SSSR count). The van der Waals surface area contributed by atoms with E-state index < -0.39 is 23.5 Å². The number of alkyl halides is 3. The fraction of sp³-hybridized carbons (Fsp3) is 0.167. The number of halogens is 4. The maximum atomic E-state index is 13.0. The quantitative estimate of drug-likeness (QED) is 0.682. The number of carbonyl (C=O) groups excluding carboxylic acids is 1. The molecule has 1 N–H and O–H groups in total. The first-order chi connectivity index (χ1) is 9.32. The van der Waals surface area contributed by atoms with Crippen molar-refractivity contribution in [1.82, 2.24) is 10.2 Å². The van der Waals surface area contributed by atoms with E-state index in [9.17, 15) is 22.4 Å². The second-order valence-electron chi connectivity index (χ2n) is 3.85. The monoisotopic (exact) mass is 288 g/mol. The molecule has 4 nitrogen and oxygen atoms in total. The van der Waals surface area contributed by atoms with Crippen LogP contribution in [0.15, 0.2) is 24.3 Å². The highest BCUT2D eigenvalue weighted by atomic mass is 19.4. The van der Waals surface area contributed by atoms with Gasteiger partial charge in [0.1, 0.15) is 11.5 Å². The van der Waals surface area contributed by atoms with E-state index in [1.54, 1.807) is 0 Å². The predicted octanol–water partition coefficient (Wildman–Crippen LogP) is 3.02. The average molecular weight is 288 g/mol. The van der Waals surface area contributed by atoms with Crippen LogP contribution in [0.1, 0.15) is 16.1 Å². The van der Waals surface area contributed by atoms with E-state index in [1.165, 1.54) is 0 Å². The molecular weight excluding hydrogens is 280 g/mol. The van der Waals surface area contributed by atoms with Crippen LogP contribution in [-0.4, -0.2) is 23.3 Å². The van der Waals surface area contributed by atoms with Crippen molar-refractivity contribution in [2.24, 2.45) is 0 Å². The summed E-state index contributed by atoms with van der Waals surface area (Å²) in [6.07, 6.45) is -4.73. The molecule has 0 amide bonds. The van der Waals surface area contributed by atoms with E-state index in [0.29, 0.717) is 6.07 Å². The summed E-state index contributed by atoms with van der Waals surface area (Å²) in [4.78, 5) is 11.2. The Morgan fingerprint density at radius 1 is 1.30 bits per heavy atom. The van der Waals surface area contributed by atoms with Gasteiger partial charge < -0.3 is 4.74 Å². The fourth-order valence-corrected chi connectivity index (χ4v) is 1.65. The maximum Gasteiger partial charge on any atom is 0.417 e. The highest BCUT2D eigenvalue weighted by Crippen LogP contribution is 2.37. The Hall–Kier alpha value is -2.38. The number of carbonyl (C=O) groups is 1. The van der Waals surface area contributed by atoms with Gasteiger partial charge in [-0.05, 0) is 24.3 Å². The normalized spacial score (nSPS) is 11.4. The van der Waals surface area contributed by atoms with Gasteiger partial charge in [-0.25, -0.2) is 9.18 Å². The molecule has 0 saturated heterocycles. The van der Waals surface area contributed by atoms with Crippen LogP contribution in [0.4, 0.5) is 17.6 Å². The van der Waals surface area contributed by atoms with Gasteiger partial charge in [-0.3, -0.25) is 5.10 Å². The summed E-state index contributed by atoms with van der Waals surface area (Å²) in [5.74, 6) is -1.77. The molecular formula is C12H8F4N2O2. The SMILES string of the molecule is COC(=O)c1cc(-c2ccc(F)cc2C(F)(F)F)n[nH]1. The molecule has 0 aliphatic carbocycles.